The van der Waals surface area contributed by atoms with E-state index in [0.717, 1.165) is 0 Å². The molecule has 0 fully saturated rings. The summed E-state index contributed by atoms with van der Waals surface area (Å²) in [4.78, 5) is 13.7. The summed E-state index contributed by atoms with van der Waals surface area (Å²) >= 11 is 0. The highest BCUT2D eigenvalue weighted by molar-refractivity contribution is 5.79. The highest BCUT2D eigenvalue weighted by Gasteiger charge is 2.31. The lowest BCUT2D eigenvalue weighted by atomic mass is 9.91. The Bertz CT molecular complexity index is 275. The number of hydrogen-bond acceptors (Lipinski definition) is 3. The van der Waals surface area contributed by atoms with E-state index in [1.807, 2.05) is 13.0 Å². The Hall–Kier alpha value is -0.870. The molecule has 4 nitrogen and oxygen atoms in total. The van der Waals surface area contributed by atoms with Gasteiger partial charge in [0.2, 0.25) is 5.91 Å². The van der Waals surface area contributed by atoms with Gasteiger partial charge in [-0.3, -0.25) is 4.79 Å². The Morgan fingerprint density at radius 1 is 1.33 bits per heavy atom. The first-order valence-corrected chi connectivity index (χ1v) is 6.47. The Morgan fingerprint density at radius 2 is 1.89 bits per heavy atom. The lowest BCUT2D eigenvalue weighted by molar-refractivity contribution is -0.138. The topological polar surface area (TPSA) is 55.6 Å². The Morgan fingerprint density at radius 3 is 2.28 bits per heavy atom. The van der Waals surface area contributed by atoms with E-state index in [0.29, 0.717) is 12.3 Å². The summed E-state index contributed by atoms with van der Waals surface area (Å²) in [6, 6.07) is -0.218. The average molecular weight is 256 g/mol. The number of carbonyl (C=O) groups is 1. The number of allylic oxidation sites excluding steroid dienone is 1. The number of amides is 1. The molecular formula is C14H28N2O2. The SMILES string of the molecule is COC(C)C(C(=O)N(C)C)C(N)C/C=C/C(C)C. The van der Waals surface area contributed by atoms with Crippen LogP contribution in [0.4, 0.5) is 0 Å². The number of methoxy groups -OCH3 is 1. The predicted molar refractivity (Wildman–Crippen MR) is 75.2 cm³/mol. The fraction of sp³-hybridized carbons (Fsp3) is 0.786. The predicted octanol–water partition coefficient (Wildman–Crippen LogP) is 1.66. The number of hydrogen-bond donors (Lipinski definition) is 1. The summed E-state index contributed by atoms with van der Waals surface area (Å²) < 4.78 is 5.28. The van der Waals surface area contributed by atoms with Crippen molar-refractivity contribution < 1.29 is 9.53 Å². The Balaban J connectivity index is 4.70. The molecule has 18 heavy (non-hydrogen) atoms. The van der Waals surface area contributed by atoms with Crippen molar-refractivity contribution in [2.75, 3.05) is 21.2 Å². The van der Waals surface area contributed by atoms with E-state index in [-0.39, 0.29) is 24.0 Å². The van der Waals surface area contributed by atoms with Crippen LogP contribution in [-0.2, 0) is 9.53 Å². The van der Waals surface area contributed by atoms with Gasteiger partial charge in [0.15, 0.2) is 0 Å². The molecule has 4 heteroatoms. The zero-order valence-electron chi connectivity index (χ0n) is 12.5. The lowest BCUT2D eigenvalue weighted by Crippen LogP contribution is -2.47. The molecule has 3 atom stereocenters. The van der Waals surface area contributed by atoms with E-state index >= 15 is 0 Å². The first-order valence-electron chi connectivity index (χ1n) is 6.47. The molecular weight excluding hydrogens is 228 g/mol. The number of ether oxygens (including phenoxy) is 1. The second-order valence-electron chi connectivity index (χ2n) is 5.27. The van der Waals surface area contributed by atoms with Gasteiger partial charge in [-0.15, -0.1) is 0 Å². The standard InChI is InChI=1S/C14H28N2O2/c1-10(2)8-7-9-12(15)13(11(3)18-6)14(17)16(4)5/h7-8,10-13H,9,15H2,1-6H3/b8-7+. The first-order chi connectivity index (χ1) is 8.31. The summed E-state index contributed by atoms with van der Waals surface area (Å²) in [6.07, 6.45) is 4.67. The van der Waals surface area contributed by atoms with Crippen molar-refractivity contribution in [3.05, 3.63) is 12.2 Å². The van der Waals surface area contributed by atoms with Gasteiger partial charge in [-0.25, -0.2) is 0 Å². The molecule has 0 aromatic carbocycles. The third kappa shape index (κ3) is 5.65. The minimum atomic E-state index is -0.304. The van der Waals surface area contributed by atoms with Crippen LogP contribution in [0.2, 0.25) is 0 Å². The van der Waals surface area contributed by atoms with E-state index in [1.54, 1.807) is 26.1 Å². The molecule has 2 N–H and O–H groups in total. The number of nitrogens with zero attached hydrogens (tertiary/aromatic N) is 1. The summed E-state index contributed by atoms with van der Waals surface area (Å²) in [5.41, 5.74) is 6.14. The molecule has 0 rings (SSSR count). The molecule has 0 aliphatic carbocycles. The quantitative estimate of drug-likeness (QED) is 0.705. The minimum absolute atomic E-state index is 0.0230. The van der Waals surface area contributed by atoms with Gasteiger partial charge < -0.3 is 15.4 Å². The largest absolute Gasteiger partial charge is 0.381 e. The highest BCUT2D eigenvalue weighted by Crippen LogP contribution is 2.16. The van der Waals surface area contributed by atoms with Crippen molar-refractivity contribution >= 4 is 5.91 Å². The fourth-order valence-electron chi connectivity index (χ4n) is 1.83. The molecule has 0 radical (unpaired) electrons. The maximum absolute atomic E-state index is 12.1. The van der Waals surface area contributed by atoms with Gasteiger partial charge in [0, 0.05) is 27.2 Å². The lowest BCUT2D eigenvalue weighted by Gasteiger charge is -2.29. The van der Waals surface area contributed by atoms with Crippen LogP contribution in [0.5, 0.6) is 0 Å². The van der Waals surface area contributed by atoms with Crippen molar-refractivity contribution in [3.8, 4) is 0 Å². The van der Waals surface area contributed by atoms with Crippen molar-refractivity contribution in [2.45, 2.75) is 39.3 Å². The maximum atomic E-state index is 12.1. The van der Waals surface area contributed by atoms with Gasteiger partial charge in [-0.05, 0) is 19.3 Å². The van der Waals surface area contributed by atoms with Gasteiger partial charge in [-0.2, -0.15) is 0 Å². The van der Waals surface area contributed by atoms with Gasteiger partial charge in [0.25, 0.3) is 0 Å². The van der Waals surface area contributed by atoms with Crippen molar-refractivity contribution in [1.82, 2.24) is 4.90 Å². The second kappa shape index (κ2) is 8.27. The third-order valence-corrected chi connectivity index (χ3v) is 2.99. The molecule has 0 aliphatic rings. The number of nitrogens with two attached hydrogens (primary N) is 1. The zero-order valence-corrected chi connectivity index (χ0v) is 12.5. The molecule has 106 valence electrons. The van der Waals surface area contributed by atoms with Crippen molar-refractivity contribution in [2.24, 2.45) is 17.6 Å². The zero-order chi connectivity index (χ0) is 14.3. The summed E-state index contributed by atoms with van der Waals surface area (Å²) in [5, 5.41) is 0. The van der Waals surface area contributed by atoms with Crippen molar-refractivity contribution in [1.29, 1.82) is 0 Å². The molecule has 0 aliphatic heterocycles. The normalized spacial score (nSPS) is 16.9. The van der Waals surface area contributed by atoms with Crippen LogP contribution in [-0.4, -0.2) is 44.2 Å². The average Bonchev–Trinajstić information content (AvgIpc) is 2.28. The van der Waals surface area contributed by atoms with E-state index in [2.05, 4.69) is 19.9 Å². The molecule has 0 saturated carbocycles. The molecule has 3 unspecified atom stereocenters. The number of rotatable bonds is 7. The van der Waals surface area contributed by atoms with Gasteiger partial charge in [-0.1, -0.05) is 26.0 Å². The van der Waals surface area contributed by atoms with Gasteiger partial charge in [0.05, 0.1) is 12.0 Å². The fourth-order valence-corrected chi connectivity index (χ4v) is 1.83. The van der Waals surface area contributed by atoms with E-state index in [9.17, 15) is 4.79 Å². The van der Waals surface area contributed by atoms with Crippen LogP contribution in [0.3, 0.4) is 0 Å². The van der Waals surface area contributed by atoms with Crippen LogP contribution in [0, 0.1) is 11.8 Å². The van der Waals surface area contributed by atoms with Gasteiger partial charge in [0.1, 0.15) is 0 Å². The Kier molecular flexibility index (Phi) is 7.87. The van der Waals surface area contributed by atoms with Crippen LogP contribution < -0.4 is 5.73 Å². The summed E-state index contributed by atoms with van der Waals surface area (Å²) in [6.45, 7) is 6.11. The smallest absolute Gasteiger partial charge is 0.229 e. The molecule has 0 aromatic rings. The van der Waals surface area contributed by atoms with E-state index in [1.165, 1.54) is 0 Å². The Labute approximate surface area is 111 Å². The summed E-state index contributed by atoms with van der Waals surface area (Å²) in [7, 11) is 5.10. The molecule has 0 spiro atoms. The van der Waals surface area contributed by atoms with Crippen LogP contribution in [0.1, 0.15) is 27.2 Å². The van der Waals surface area contributed by atoms with E-state index < -0.39 is 0 Å². The van der Waals surface area contributed by atoms with Crippen molar-refractivity contribution in [3.63, 3.8) is 0 Å². The number of carbonyl (C=O) groups excluding carboxylic acids is 1. The minimum Gasteiger partial charge on any atom is -0.381 e. The highest BCUT2D eigenvalue weighted by atomic mass is 16.5. The molecule has 0 saturated heterocycles. The molecule has 0 bridgehead atoms. The monoisotopic (exact) mass is 256 g/mol. The molecule has 0 aromatic heterocycles. The van der Waals surface area contributed by atoms with Crippen LogP contribution in [0.25, 0.3) is 0 Å². The van der Waals surface area contributed by atoms with E-state index in [4.69, 9.17) is 10.5 Å². The van der Waals surface area contributed by atoms with Crippen LogP contribution >= 0.6 is 0 Å². The second-order valence-corrected chi connectivity index (χ2v) is 5.27. The maximum Gasteiger partial charge on any atom is 0.229 e. The molecule has 0 heterocycles. The first kappa shape index (κ1) is 17.1. The van der Waals surface area contributed by atoms with Gasteiger partial charge >= 0.3 is 0 Å². The van der Waals surface area contributed by atoms with Crippen LogP contribution in [0.15, 0.2) is 12.2 Å². The molecule has 1 amide bonds. The summed E-state index contributed by atoms with van der Waals surface area (Å²) in [5.74, 6) is 0.219. The third-order valence-electron chi connectivity index (χ3n) is 2.99.